The molecule has 0 amide bonds. The van der Waals surface area contributed by atoms with Crippen LogP contribution in [0.1, 0.15) is 25.0 Å². The van der Waals surface area contributed by atoms with Crippen LogP contribution in [-0.2, 0) is 5.41 Å². The Kier molecular flexibility index (Phi) is 6.27. The molecule has 0 fully saturated rings. The van der Waals surface area contributed by atoms with Gasteiger partial charge < -0.3 is 8.98 Å². The van der Waals surface area contributed by atoms with E-state index in [1.54, 1.807) is 0 Å². The molecule has 0 saturated heterocycles. The standard InChI is InChI=1S/C49H33N3O/c1-49(2)37-22-12-9-19-34(37)42-45(49)43-36-21-11-14-24-41(36)53-47(43)44-35-20-10-13-23-40(35)52(46(42)44)33-27-25-32(26-28-33)48-50-38(30-15-5-3-6-16-30)29-39(51-48)31-17-7-4-8-18-31/h3-29H,1-2H3. The highest BCUT2D eigenvalue weighted by Crippen LogP contribution is 2.57. The Hall–Kier alpha value is -6.78. The molecule has 11 rings (SSSR count). The van der Waals surface area contributed by atoms with Crippen molar-refractivity contribution in [2.75, 3.05) is 0 Å². The molecule has 3 heterocycles. The quantitative estimate of drug-likeness (QED) is 0.186. The zero-order valence-corrected chi connectivity index (χ0v) is 29.3. The zero-order valence-electron chi connectivity index (χ0n) is 29.3. The third-order valence-electron chi connectivity index (χ3n) is 11.2. The van der Waals surface area contributed by atoms with Gasteiger partial charge in [0.25, 0.3) is 0 Å². The molecular weight excluding hydrogens is 647 g/mol. The van der Waals surface area contributed by atoms with E-state index in [0.29, 0.717) is 5.82 Å². The first-order valence-electron chi connectivity index (χ1n) is 18.2. The van der Waals surface area contributed by atoms with E-state index in [1.165, 1.54) is 38.5 Å². The third kappa shape index (κ3) is 4.30. The van der Waals surface area contributed by atoms with Gasteiger partial charge in [-0.05, 0) is 59.2 Å². The summed E-state index contributed by atoms with van der Waals surface area (Å²) in [5.41, 5.74) is 15.1. The summed E-state index contributed by atoms with van der Waals surface area (Å²) in [5, 5.41) is 4.70. The Morgan fingerprint density at radius 2 is 1.15 bits per heavy atom. The van der Waals surface area contributed by atoms with Crippen LogP contribution in [0.15, 0.2) is 168 Å². The fraction of sp³-hybridized carbons (Fsp3) is 0.0612. The van der Waals surface area contributed by atoms with Gasteiger partial charge in [0.05, 0.1) is 27.8 Å². The van der Waals surface area contributed by atoms with Gasteiger partial charge in [-0.1, -0.05) is 135 Å². The van der Waals surface area contributed by atoms with Gasteiger partial charge in [-0.15, -0.1) is 0 Å². The molecule has 0 unspecified atom stereocenters. The van der Waals surface area contributed by atoms with Crippen LogP contribution in [0.4, 0.5) is 0 Å². The average molecular weight is 680 g/mol. The molecule has 4 heteroatoms. The van der Waals surface area contributed by atoms with E-state index in [1.807, 2.05) is 12.1 Å². The van der Waals surface area contributed by atoms with E-state index < -0.39 is 0 Å². The summed E-state index contributed by atoms with van der Waals surface area (Å²) >= 11 is 0. The van der Waals surface area contributed by atoms with Crippen molar-refractivity contribution in [3.05, 3.63) is 175 Å². The Morgan fingerprint density at radius 3 is 1.87 bits per heavy atom. The number of hydrogen-bond donors (Lipinski definition) is 0. The number of nitrogens with zero attached hydrogens (tertiary/aromatic N) is 3. The van der Waals surface area contributed by atoms with Crippen molar-refractivity contribution >= 4 is 43.7 Å². The van der Waals surface area contributed by atoms with E-state index in [-0.39, 0.29) is 5.41 Å². The number of benzene rings is 7. The van der Waals surface area contributed by atoms with Crippen LogP contribution in [0, 0.1) is 0 Å². The second kappa shape index (κ2) is 11.1. The van der Waals surface area contributed by atoms with Crippen molar-refractivity contribution in [3.63, 3.8) is 0 Å². The molecule has 0 aliphatic heterocycles. The van der Waals surface area contributed by atoms with Crippen LogP contribution in [0.5, 0.6) is 0 Å². The van der Waals surface area contributed by atoms with Crippen LogP contribution in [0.25, 0.3) is 94.5 Å². The van der Waals surface area contributed by atoms with E-state index >= 15 is 0 Å². The molecule has 250 valence electrons. The van der Waals surface area contributed by atoms with Gasteiger partial charge in [-0.2, -0.15) is 0 Å². The highest BCUT2D eigenvalue weighted by molar-refractivity contribution is 6.29. The summed E-state index contributed by atoms with van der Waals surface area (Å²) in [6.45, 7) is 4.72. The first kappa shape index (κ1) is 29.9. The monoisotopic (exact) mass is 679 g/mol. The van der Waals surface area contributed by atoms with Crippen LogP contribution in [-0.4, -0.2) is 14.5 Å². The van der Waals surface area contributed by atoms with E-state index in [4.69, 9.17) is 14.4 Å². The van der Waals surface area contributed by atoms with Crippen LogP contribution in [0.3, 0.4) is 0 Å². The van der Waals surface area contributed by atoms with Gasteiger partial charge in [0.2, 0.25) is 0 Å². The Bertz CT molecular complexity index is 3000. The molecule has 3 aromatic heterocycles. The van der Waals surface area contributed by atoms with Crippen molar-refractivity contribution in [1.82, 2.24) is 14.5 Å². The van der Waals surface area contributed by atoms with Gasteiger partial charge >= 0.3 is 0 Å². The van der Waals surface area contributed by atoms with E-state index in [0.717, 1.165) is 61.2 Å². The highest BCUT2D eigenvalue weighted by atomic mass is 16.3. The zero-order chi connectivity index (χ0) is 35.3. The second-order valence-electron chi connectivity index (χ2n) is 14.5. The number of hydrogen-bond acceptors (Lipinski definition) is 3. The summed E-state index contributed by atoms with van der Waals surface area (Å²) in [4.78, 5) is 10.2. The number of rotatable bonds is 4. The van der Waals surface area contributed by atoms with E-state index in [2.05, 4.69) is 170 Å². The lowest BCUT2D eigenvalue weighted by atomic mass is 9.80. The lowest BCUT2D eigenvalue weighted by molar-refractivity contribution is 0.659. The fourth-order valence-corrected chi connectivity index (χ4v) is 8.81. The number of fused-ring (bicyclic) bond motifs is 12. The van der Waals surface area contributed by atoms with E-state index in [9.17, 15) is 0 Å². The maximum atomic E-state index is 6.88. The molecule has 0 bridgehead atoms. The van der Waals surface area contributed by atoms with Crippen molar-refractivity contribution in [3.8, 4) is 50.7 Å². The highest BCUT2D eigenvalue weighted by Gasteiger charge is 2.41. The maximum Gasteiger partial charge on any atom is 0.160 e. The lowest BCUT2D eigenvalue weighted by Crippen LogP contribution is -2.15. The summed E-state index contributed by atoms with van der Waals surface area (Å²) in [5.74, 6) is 0.694. The summed E-state index contributed by atoms with van der Waals surface area (Å²) in [7, 11) is 0. The molecule has 53 heavy (non-hydrogen) atoms. The normalized spacial score (nSPS) is 13.2. The van der Waals surface area contributed by atoms with Crippen molar-refractivity contribution in [2.45, 2.75) is 19.3 Å². The smallest absolute Gasteiger partial charge is 0.160 e. The van der Waals surface area contributed by atoms with Crippen LogP contribution < -0.4 is 0 Å². The Labute approximate surface area is 306 Å². The lowest BCUT2D eigenvalue weighted by Gasteiger charge is -2.22. The largest absolute Gasteiger partial charge is 0.455 e. The van der Waals surface area contributed by atoms with Crippen molar-refractivity contribution in [1.29, 1.82) is 0 Å². The molecule has 0 radical (unpaired) electrons. The average Bonchev–Trinajstić information content (AvgIpc) is 3.84. The first-order valence-corrected chi connectivity index (χ1v) is 18.2. The predicted octanol–water partition coefficient (Wildman–Crippen LogP) is 12.8. The minimum atomic E-state index is -0.228. The Balaban J connectivity index is 1.18. The second-order valence-corrected chi connectivity index (χ2v) is 14.5. The fourth-order valence-electron chi connectivity index (χ4n) is 8.81. The van der Waals surface area contributed by atoms with Gasteiger partial charge in [0, 0.05) is 49.5 Å². The molecule has 0 saturated carbocycles. The Morgan fingerprint density at radius 1 is 0.547 bits per heavy atom. The van der Waals surface area contributed by atoms with Gasteiger partial charge in [0.15, 0.2) is 5.82 Å². The van der Waals surface area contributed by atoms with Gasteiger partial charge in [-0.25, -0.2) is 9.97 Å². The topological polar surface area (TPSA) is 43.9 Å². The van der Waals surface area contributed by atoms with Crippen LogP contribution in [0.2, 0.25) is 0 Å². The van der Waals surface area contributed by atoms with Gasteiger partial charge in [-0.3, -0.25) is 0 Å². The molecule has 4 nitrogen and oxygen atoms in total. The minimum Gasteiger partial charge on any atom is -0.455 e. The van der Waals surface area contributed by atoms with Crippen LogP contribution >= 0.6 is 0 Å². The molecular formula is C49H33N3O. The molecule has 1 aliphatic carbocycles. The summed E-state index contributed by atoms with van der Waals surface area (Å²) in [6, 6.07) is 57.7. The maximum absolute atomic E-state index is 6.88. The SMILES string of the molecule is CC1(C)c2ccccc2-c2c1c1c3ccccc3oc1c1c3ccccc3n(-c3ccc(-c4nc(-c5ccccc5)cc(-c5ccccc5)n4)cc3)c21. The number of furan rings is 1. The molecule has 7 aromatic carbocycles. The number of aromatic nitrogens is 3. The molecule has 1 aliphatic rings. The molecule has 0 atom stereocenters. The summed E-state index contributed by atoms with van der Waals surface area (Å²) < 4.78 is 9.32. The molecule has 0 N–H and O–H groups in total. The molecule has 10 aromatic rings. The summed E-state index contributed by atoms with van der Waals surface area (Å²) in [6.07, 6.45) is 0. The molecule has 0 spiro atoms. The van der Waals surface area contributed by atoms with Crippen molar-refractivity contribution < 1.29 is 4.42 Å². The first-order chi connectivity index (χ1) is 26.1. The number of para-hydroxylation sites is 2. The van der Waals surface area contributed by atoms with Crippen molar-refractivity contribution in [2.24, 2.45) is 0 Å². The minimum absolute atomic E-state index is 0.228. The third-order valence-corrected chi connectivity index (χ3v) is 11.2. The van der Waals surface area contributed by atoms with Gasteiger partial charge in [0.1, 0.15) is 11.2 Å². The predicted molar refractivity (Wildman–Crippen MR) is 218 cm³/mol.